The third-order valence-electron chi connectivity index (χ3n) is 2.28. The van der Waals surface area contributed by atoms with Crippen LogP contribution in [0.1, 0.15) is 19.8 Å². The van der Waals surface area contributed by atoms with Crippen LogP contribution < -0.4 is 5.73 Å². The van der Waals surface area contributed by atoms with Crippen LogP contribution in [0.2, 0.25) is 0 Å². The zero-order valence-corrected chi connectivity index (χ0v) is 8.34. The summed E-state index contributed by atoms with van der Waals surface area (Å²) in [5.41, 5.74) is 5.71. The van der Waals surface area contributed by atoms with Gasteiger partial charge in [0.15, 0.2) is 0 Å². The lowest BCUT2D eigenvalue weighted by atomic mass is 10.0. The van der Waals surface area contributed by atoms with Crippen molar-refractivity contribution in [2.45, 2.75) is 31.8 Å². The number of piperidine rings is 1. The molecule has 0 unspecified atom stereocenters. The summed E-state index contributed by atoms with van der Waals surface area (Å²) in [5.74, 6) is 0. The molecule has 0 radical (unpaired) electrons. The van der Waals surface area contributed by atoms with Crippen molar-refractivity contribution in [2.75, 3.05) is 12.8 Å². The van der Waals surface area contributed by atoms with Crippen molar-refractivity contribution in [3.05, 3.63) is 0 Å². The van der Waals surface area contributed by atoms with E-state index in [0.29, 0.717) is 6.54 Å². The van der Waals surface area contributed by atoms with E-state index in [1.165, 1.54) is 10.6 Å². The molecule has 1 saturated heterocycles. The van der Waals surface area contributed by atoms with Crippen LogP contribution in [-0.4, -0.2) is 37.6 Å². The van der Waals surface area contributed by atoms with Crippen LogP contribution in [0.4, 0.5) is 0 Å². The molecule has 1 heterocycles. The molecule has 0 aromatic heterocycles. The number of nitrogens with two attached hydrogens (primary N) is 1. The predicted octanol–water partition coefficient (Wildman–Crippen LogP) is -0.242. The van der Waals surface area contributed by atoms with E-state index in [-0.39, 0.29) is 12.1 Å². The summed E-state index contributed by atoms with van der Waals surface area (Å²) in [4.78, 5) is 0. The summed E-state index contributed by atoms with van der Waals surface area (Å²) in [6.45, 7) is 2.47. The number of hydrogen-bond donors (Lipinski definition) is 1. The van der Waals surface area contributed by atoms with E-state index >= 15 is 0 Å². The van der Waals surface area contributed by atoms with Gasteiger partial charge in [0.1, 0.15) is 0 Å². The minimum absolute atomic E-state index is 0.0590. The Morgan fingerprint density at radius 3 is 2.50 bits per heavy atom. The number of nitrogens with zero attached hydrogens (tertiary/aromatic N) is 1. The maximum Gasteiger partial charge on any atom is 0.211 e. The number of rotatable bonds is 1. The van der Waals surface area contributed by atoms with E-state index in [1.54, 1.807) is 0 Å². The van der Waals surface area contributed by atoms with Gasteiger partial charge >= 0.3 is 0 Å². The first-order valence-electron chi connectivity index (χ1n) is 4.13. The van der Waals surface area contributed by atoms with Crippen molar-refractivity contribution in [3.63, 3.8) is 0 Å². The standard InChI is InChI=1S/C7H16N2O2S/c1-6-5-7(8)3-4-9(6)12(2,10)11/h6-7H,3-5,8H2,1-2H3/t6-,7+/m1/s1. The molecule has 0 aromatic carbocycles. The topological polar surface area (TPSA) is 63.4 Å². The Hall–Kier alpha value is -0.130. The first kappa shape index (κ1) is 9.95. The van der Waals surface area contributed by atoms with E-state index in [1.807, 2.05) is 6.92 Å². The lowest BCUT2D eigenvalue weighted by Crippen LogP contribution is -2.47. The Balaban J connectivity index is 2.69. The van der Waals surface area contributed by atoms with Crippen molar-refractivity contribution in [1.29, 1.82) is 0 Å². The van der Waals surface area contributed by atoms with E-state index in [4.69, 9.17) is 5.73 Å². The van der Waals surface area contributed by atoms with Gasteiger partial charge in [-0.1, -0.05) is 0 Å². The highest BCUT2D eigenvalue weighted by Gasteiger charge is 2.28. The number of sulfonamides is 1. The fraction of sp³-hybridized carbons (Fsp3) is 1.00. The molecule has 0 aromatic rings. The second-order valence-corrected chi connectivity index (χ2v) is 5.44. The van der Waals surface area contributed by atoms with Gasteiger partial charge in [-0.2, -0.15) is 4.31 Å². The van der Waals surface area contributed by atoms with Crippen LogP contribution in [0.5, 0.6) is 0 Å². The second-order valence-electron chi connectivity index (χ2n) is 3.51. The molecule has 0 aliphatic carbocycles. The SMILES string of the molecule is C[C@@H]1C[C@@H](N)CCN1S(C)(=O)=O. The fourth-order valence-electron chi connectivity index (χ4n) is 1.68. The summed E-state index contributed by atoms with van der Waals surface area (Å²) in [6.07, 6.45) is 2.80. The highest BCUT2D eigenvalue weighted by atomic mass is 32.2. The van der Waals surface area contributed by atoms with Gasteiger partial charge in [-0.15, -0.1) is 0 Å². The van der Waals surface area contributed by atoms with E-state index in [2.05, 4.69) is 0 Å². The normalized spacial score (nSPS) is 33.6. The molecule has 1 aliphatic heterocycles. The largest absolute Gasteiger partial charge is 0.328 e. The molecule has 4 nitrogen and oxygen atoms in total. The lowest BCUT2D eigenvalue weighted by Gasteiger charge is -2.34. The fourth-order valence-corrected chi connectivity index (χ4v) is 2.86. The Morgan fingerprint density at radius 2 is 2.08 bits per heavy atom. The molecular formula is C7H16N2O2S. The molecule has 72 valence electrons. The molecule has 0 bridgehead atoms. The summed E-state index contributed by atoms with van der Waals surface area (Å²) < 4.78 is 23.9. The molecule has 2 N–H and O–H groups in total. The van der Waals surface area contributed by atoms with Gasteiger partial charge in [0.25, 0.3) is 0 Å². The van der Waals surface area contributed by atoms with E-state index in [9.17, 15) is 8.42 Å². The molecule has 0 spiro atoms. The summed E-state index contributed by atoms with van der Waals surface area (Å²) >= 11 is 0. The molecule has 1 rings (SSSR count). The van der Waals surface area contributed by atoms with Crippen LogP contribution >= 0.6 is 0 Å². The van der Waals surface area contributed by atoms with E-state index in [0.717, 1.165) is 12.8 Å². The van der Waals surface area contributed by atoms with Crippen LogP contribution in [-0.2, 0) is 10.0 Å². The van der Waals surface area contributed by atoms with Crippen molar-refractivity contribution < 1.29 is 8.42 Å². The Kier molecular flexibility index (Phi) is 2.75. The average Bonchev–Trinajstić information content (AvgIpc) is 1.83. The van der Waals surface area contributed by atoms with Crippen molar-refractivity contribution in [1.82, 2.24) is 4.31 Å². The monoisotopic (exact) mass is 192 g/mol. The lowest BCUT2D eigenvalue weighted by molar-refractivity contribution is 0.249. The maximum absolute atomic E-state index is 11.2. The average molecular weight is 192 g/mol. The van der Waals surface area contributed by atoms with Crippen LogP contribution in [0.3, 0.4) is 0 Å². The Morgan fingerprint density at radius 1 is 1.50 bits per heavy atom. The highest BCUT2D eigenvalue weighted by molar-refractivity contribution is 7.88. The van der Waals surface area contributed by atoms with Gasteiger partial charge in [0.2, 0.25) is 10.0 Å². The molecule has 2 atom stereocenters. The Labute approximate surface area is 73.8 Å². The molecule has 12 heavy (non-hydrogen) atoms. The second kappa shape index (κ2) is 3.32. The highest BCUT2D eigenvalue weighted by Crippen LogP contribution is 2.18. The van der Waals surface area contributed by atoms with Gasteiger partial charge in [-0.3, -0.25) is 0 Å². The zero-order valence-electron chi connectivity index (χ0n) is 7.53. The molecule has 0 saturated carbocycles. The van der Waals surface area contributed by atoms with Crippen LogP contribution in [0.25, 0.3) is 0 Å². The van der Waals surface area contributed by atoms with Crippen molar-refractivity contribution in [2.24, 2.45) is 5.73 Å². The molecule has 0 amide bonds. The predicted molar refractivity (Wildman–Crippen MR) is 48.2 cm³/mol. The zero-order chi connectivity index (χ0) is 9.35. The van der Waals surface area contributed by atoms with Crippen LogP contribution in [0, 0.1) is 0 Å². The summed E-state index contributed by atoms with van der Waals surface area (Å²) in [6, 6.07) is 0.224. The maximum atomic E-state index is 11.2. The number of hydrogen-bond acceptors (Lipinski definition) is 3. The summed E-state index contributed by atoms with van der Waals surface area (Å²) in [5, 5.41) is 0. The van der Waals surface area contributed by atoms with Gasteiger partial charge in [0.05, 0.1) is 6.26 Å². The quantitative estimate of drug-likeness (QED) is 0.623. The minimum atomic E-state index is -3.02. The smallest absolute Gasteiger partial charge is 0.211 e. The van der Waals surface area contributed by atoms with Crippen LogP contribution in [0.15, 0.2) is 0 Å². The molecule has 1 aliphatic rings. The van der Waals surface area contributed by atoms with Gasteiger partial charge < -0.3 is 5.73 Å². The molecule has 1 fully saturated rings. The first-order chi connectivity index (χ1) is 5.41. The van der Waals surface area contributed by atoms with Gasteiger partial charge in [-0.25, -0.2) is 8.42 Å². The Bertz CT molecular complexity index is 250. The van der Waals surface area contributed by atoms with Crippen molar-refractivity contribution in [3.8, 4) is 0 Å². The van der Waals surface area contributed by atoms with Gasteiger partial charge in [-0.05, 0) is 19.8 Å². The molecule has 5 heteroatoms. The third-order valence-corrected chi connectivity index (χ3v) is 3.68. The van der Waals surface area contributed by atoms with Gasteiger partial charge in [0, 0.05) is 18.6 Å². The van der Waals surface area contributed by atoms with E-state index < -0.39 is 10.0 Å². The molecular weight excluding hydrogens is 176 g/mol. The first-order valence-corrected chi connectivity index (χ1v) is 5.98. The summed E-state index contributed by atoms with van der Waals surface area (Å²) in [7, 11) is -3.02. The third kappa shape index (κ3) is 2.18. The van der Waals surface area contributed by atoms with Crippen molar-refractivity contribution >= 4 is 10.0 Å². The minimum Gasteiger partial charge on any atom is -0.328 e.